The molecule has 15 heavy (non-hydrogen) atoms. The van der Waals surface area contributed by atoms with Gasteiger partial charge in [0.05, 0.1) is 13.7 Å². The van der Waals surface area contributed by atoms with E-state index >= 15 is 0 Å². The van der Waals surface area contributed by atoms with E-state index in [-0.39, 0.29) is 0 Å². The van der Waals surface area contributed by atoms with Gasteiger partial charge in [-0.25, -0.2) is 0 Å². The predicted molar refractivity (Wildman–Crippen MR) is 57.7 cm³/mol. The first kappa shape index (κ1) is 9.43. The zero-order valence-electron chi connectivity index (χ0n) is 8.27. The van der Waals surface area contributed by atoms with Crippen LogP contribution in [0.3, 0.4) is 0 Å². The first-order valence-electron chi connectivity index (χ1n) is 4.50. The highest BCUT2D eigenvalue weighted by molar-refractivity contribution is 5.84. The molecule has 0 amide bonds. The van der Waals surface area contributed by atoms with Gasteiger partial charge in [0.15, 0.2) is 0 Å². The number of hydrogen-bond donors (Lipinski definition) is 1. The number of aromatic amines is 1. The summed E-state index contributed by atoms with van der Waals surface area (Å²) in [7, 11) is 1.63. The van der Waals surface area contributed by atoms with Gasteiger partial charge in [-0.3, -0.25) is 0 Å². The molecule has 1 aromatic carbocycles. The molecule has 0 spiro atoms. The third-order valence-electron chi connectivity index (χ3n) is 2.28. The molecule has 0 bridgehead atoms. The first-order chi connectivity index (χ1) is 7.35. The number of benzene rings is 1. The molecule has 76 valence electrons. The van der Waals surface area contributed by atoms with Crippen LogP contribution in [0.15, 0.2) is 29.5 Å². The molecule has 1 heterocycles. The molecule has 5 nitrogen and oxygen atoms in total. The van der Waals surface area contributed by atoms with E-state index < -0.39 is 0 Å². The number of nitrogens with zero attached hydrogens (tertiary/aromatic N) is 3. The molecule has 0 saturated heterocycles. The van der Waals surface area contributed by atoms with E-state index in [0.717, 1.165) is 22.2 Å². The SMILES string of the molecule is COc1ccc2[nH]cc(CN=[N+]=[N-])c2c1. The van der Waals surface area contributed by atoms with Gasteiger partial charge in [-0.05, 0) is 29.3 Å². The Kier molecular flexibility index (Phi) is 2.48. The lowest BCUT2D eigenvalue weighted by atomic mass is 10.1. The number of methoxy groups -OCH3 is 1. The van der Waals surface area contributed by atoms with E-state index in [4.69, 9.17) is 10.3 Å². The minimum atomic E-state index is 0.351. The summed E-state index contributed by atoms with van der Waals surface area (Å²) in [4.78, 5) is 5.85. The van der Waals surface area contributed by atoms with E-state index in [0.29, 0.717) is 6.54 Å². The number of ether oxygens (including phenoxy) is 1. The van der Waals surface area contributed by atoms with Crippen LogP contribution in [0.4, 0.5) is 0 Å². The van der Waals surface area contributed by atoms with E-state index in [9.17, 15) is 0 Å². The van der Waals surface area contributed by atoms with Crippen LogP contribution < -0.4 is 4.74 Å². The Hall–Kier alpha value is -2.13. The molecule has 0 aliphatic heterocycles. The summed E-state index contributed by atoms with van der Waals surface area (Å²) in [6.45, 7) is 0.351. The highest BCUT2D eigenvalue weighted by Gasteiger charge is 2.03. The molecule has 5 heteroatoms. The van der Waals surface area contributed by atoms with Crippen LogP contribution in [0.25, 0.3) is 21.3 Å². The van der Waals surface area contributed by atoms with Crippen molar-refractivity contribution in [3.63, 3.8) is 0 Å². The molecule has 0 atom stereocenters. The standard InChI is InChI=1S/C10H10N4O/c1-15-8-2-3-10-9(4-8)7(5-12-10)6-13-14-11/h2-5,12H,6H2,1H3. The van der Waals surface area contributed by atoms with E-state index in [1.165, 1.54) is 0 Å². The van der Waals surface area contributed by atoms with Crippen molar-refractivity contribution in [2.45, 2.75) is 6.54 Å². The third kappa shape index (κ3) is 1.73. The van der Waals surface area contributed by atoms with Crippen molar-refractivity contribution in [3.8, 4) is 5.75 Å². The van der Waals surface area contributed by atoms with Crippen molar-refractivity contribution in [1.29, 1.82) is 0 Å². The van der Waals surface area contributed by atoms with Crippen LogP contribution in [-0.4, -0.2) is 12.1 Å². The summed E-state index contributed by atoms with van der Waals surface area (Å²) < 4.78 is 5.13. The van der Waals surface area contributed by atoms with Crippen LogP contribution in [-0.2, 0) is 6.54 Å². The average Bonchev–Trinajstić information content (AvgIpc) is 2.68. The van der Waals surface area contributed by atoms with E-state index in [2.05, 4.69) is 15.0 Å². The Labute approximate surface area is 86.3 Å². The molecule has 1 aromatic heterocycles. The normalized spacial score (nSPS) is 9.93. The minimum absolute atomic E-state index is 0.351. The Morgan fingerprint density at radius 2 is 2.40 bits per heavy atom. The van der Waals surface area contributed by atoms with Crippen molar-refractivity contribution in [3.05, 3.63) is 40.4 Å². The Balaban J connectivity index is 2.50. The van der Waals surface area contributed by atoms with Crippen LogP contribution in [0.5, 0.6) is 5.75 Å². The van der Waals surface area contributed by atoms with Crippen LogP contribution >= 0.6 is 0 Å². The van der Waals surface area contributed by atoms with Crippen LogP contribution in [0, 0.1) is 0 Å². The second-order valence-electron chi connectivity index (χ2n) is 3.11. The quantitative estimate of drug-likeness (QED) is 0.463. The Bertz CT molecular complexity index is 525. The van der Waals surface area contributed by atoms with Gasteiger partial charge in [0.2, 0.25) is 0 Å². The van der Waals surface area contributed by atoms with Gasteiger partial charge in [-0.15, -0.1) is 0 Å². The smallest absolute Gasteiger partial charge is 0.119 e. The zero-order valence-corrected chi connectivity index (χ0v) is 8.27. The molecular formula is C10H10N4O. The van der Waals surface area contributed by atoms with Gasteiger partial charge in [-0.1, -0.05) is 5.11 Å². The summed E-state index contributed by atoms with van der Waals surface area (Å²) in [6, 6.07) is 5.75. The third-order valence-corrected chi connectivity index (χ3v) is 2.28. The fourth-order valence-electron chi connectivity index (χ4n) is 1.52. The fourth-order valence-corrected chi connectivity index (χ4v) is 1.52. The van der Waals surface area contributed by atoms with Crippen LogP contribution in [0.2, 0.25) is 0 Å². The molecule has 2 rings (SSSR count). The lowest BCUT2D eigenvalue weighted by Crippen LogP contribution is -1.82. The number of hydrogen-bond acceptors (Lipinski definition) is 2. The molecule has 0 fully saturated rings. The summed E-state index contributed by atoms with van der Waals surface area (Å²) in [5.41, 5.74) is 10.2. The number of aromatic nitrogens is 1. The van der Waals surface area contributed by atoms with Crippen LogP contribution in [0.1, 0.15) is 5.56 Å². The van der Waals surface area contributed by atoms with Crippen molar-refractivity contribution in [2.75, 3.05) is 7.11 Å². The summed E-state index contributed by atoms with van der Waals surface area (Å²) in [5.74, 6) is 0.796. The lowest BCUT2D eigenvalue weighted by Gasteiger charge is -1.99. The molecule has 0 aliphatic carbocycles. The van der Waals surface area contributed by atoms with E-state index in [1.807, 2.05) is 24.4 Å². The first-order valence-corrected chi connectivity index (χ1v) is 4.50. The van der Waals surface area contributed by atoms with Gasteiger partial charge >= 0.3 is 0 Å². The second-order valence-corrected chi connectivity index (χ2v) is 3.11. The largest absolute Gasteiger partial charge is 0.497 e. The van der Waals surface area contributed by atoms with Crippen molar-refractivity contribution in [1.82, 2.24) is 4.98 Å². The number of azide groups is 1. The predicted octanol–water partition coefficient (Wildman–Crippen LogP) is 2.99. The second kappa shape index (κ2) is 3.94. The minimum Gasteiger partial charge on any atom is -0.497 e. The maximum absolute atomic E-state index is 8.26. The summed E-state index contributed by atoms with van der Waals surface area (Å²) >= 11 is 0. The number of H-pyrrole nitrogens is 1. The average molecular weight is 202 g/mol. The van der Waals surface area contributed by atoms with Crippen molar-refractivity contribution < 1.29 is 4.74 Å². The fraction of sp³-hybridized carbons (Fsp3) is 0.200. The number of nitrogens with one attached hydrogen (secondary N) is 1. The number of rotatable bonds is 3. The molecular weight excluding hydrogens is 192 g/mol. The molecule has 2 aromatic rings. The van der Waals surface area contributed by atoms with Gasteiger partial charge in [0.1, 0.15) is 5.75 Å². The topological polar surface area (TPSA) is 73.8 Å². The maximum Gasteiger partial charge on any atom is 0.119 e. The zero-order chi connectivity index (χ0) is 10.7. The van der Waals surface area contributed by atoms with Gasteiger partial charge in [0.25, 0.3) is 0 Å². The van der Waals surface area contributed by atoms with Gasteiger partial charge < -0.3 is 9.72 Å². The monoisotopic (exact) mass is 202 g/mol. The Morgan fingerprint density at radius 3 is 3.13 bits per heavy atom. The maximum atomic E-state index is 8.26. The summed E-state index contributed by atoms with van der Waals surface area (Å²) in [5, 5.41) is 4.57. The molecule has 0 aliphatic rings. The van der Waals surface area contributed by atoms with Crippen molar-refractivity contribution in [2.24, 2.45) is 5.11 Å². The summed E-state index contributed by atoms with van der Waals surface area (Å²) in [6.07, 6.45) is 1.85. The highest BCUT2D eigenvalue weighted by Crippen LogP contribution is 2.23. The van der Waals surface area contributed by atoms with E-state index in [1.54, 1.807) is 7.11 Å². The highest BCUT2D eigenvalue weighted by atomic mass is 16.5. The van der Waals surface area contributed by atoms with Gasteiger partial charge in [-0.2, -0.15) is 0 Å². The number of fused-ring (bicyclic) bond motifs is 1. The van der Waals surface area contributed by atoms with Crippen molar-refractivity contribution >= 4 is 10.9 Å². The Morgan fingerprint density at radius 1 is 1.53 bits per heavy atom. The molecule has 0 saturated carbocycles. The van der Waals surface area contributed by atoms with Gasteiger partial charge in [0, 0.05) is 22.0 Å². The molecule has 0 unspecified atom stereocenters. The molecule has 0 radical (unpaired) electrons. The molecule has 1 N–H and O–H groups in total. The lowest BCUT2D eigenvalue weighted by molar-refractivity contribution is 0.415.